The van der Waals surface area contributed by atoms with Crippen molar-refractivity contribution in [3.05, 3.63) is 29.1 Å². The Hall–Kier alpha value is -1.95. The van der Waals surface area contributed by atoms with Gasteiger partial charge in [0.25, 0.3) is 5.91 Å². The molecule has 6 heteroatoms. The highest BCUT2D eigenvalue weighted by Crippen LogP contribution is 2.25. The molecule has 1 aromatic carbocycles. The number of esters is 1. The van der Waals surface area contributed by atoms with E-state index in [4.69, 9.17) is 4.74 Å². The number of carbonyl (C=O) groups is 2. The van der Waals surface area contributed by atoms with Crippen molar-refractivity contribution < 1.29 is 23.2 Å². The van der Waals surface area contributed by atoms with Gasteiger partial charge in [-0.05, 0) is 52.3 Å². The normalized spacial score (nSPS) is 12.6. The van der Waals surface area contributed by atoms with E-state index in [1.807, 2.05) is 6.92 Å². The second kappa shape index (κ2) is 8.24. The summed E-state index contributed by atoms with van der Waals surface area (Å²) in [5.74, 6) is -1.41. The maximum absolute atomic E-state index is 13.6. The second-order valence-electron chi connectivity index (χ2n) is 5.97. The Labute approximate surface area is 143 Å². The predicted molar refractivity (Wildman–Crippen MR) is 92.5 cm³/mol. The van der Waals surface area contributed by atoms with Gasteiger partial charge in [-0.25, -0.2) is 9.18 Å². The zero-order valence-corrected chi connectivity index (χ0v) is 15.4. The van der Waals surface area contributed by atoms with Crippen molar-refractivity contribution in [3.8, 4) is 0 Å². The van der Waals surface area contributed by atoms with Crippen molar-refractivity contribution >= 4 is 17.6 Å². The summed E-state index contributed by atoms with van der Waals surface area (Å²) in [5.41, 5.74) is 0.818. The molecule has 134 valence electrons. The smallest absolute Gasteiger partial charge is 0.340 e. The van der Waals surface area contributed by atoms with E-state index < -0.39 is 11.8 Å². The van der Waals surface area contributed by atoms with E-state index in [0.717, 1.165) is 25.7 Å². The predicted octanol–water partition coefficient (Wildman–Crippen LogP) is 3.12. The molecule has 0 heterocycles. The summed E-state index contributed by atoms with van der Waals surface area (Å²) in [7, 11) is 1.23. The summed E-state index contributed by atoms with van der Waals surface area (Å²) in [6.07, 6.45) is 0. The molecule has 0 spiro atoms. The average Bonchev–Trinajstić information content (AvgIpc) is 2.57. The lowest BCUT2D eigenvalue weighted by Crippen LogP contribution is -2.58. The van der Waals surface area contributed by atoms with Crippen molar-refractivity contribution in [2.75, 3.05) is 32.1 Å². The van der Waals surface area contributed by atoms with Crippen molar-refractivity contribution in [1.82, 2.24) is 0 Å². The molecule has 1 amide bonds. The van der Waals surface area contributed by atoms with Gasteiger partial charge in [0.2, 0.25) is 0 Å². The van der Waals surface area contributed by atoms with Crippen molar-refractivity contribution in [2.45, 2.75) is 40.7 Å². The van der Waals surface area contributed by atoms with E-state index >= 15 is 0 Å². The Morgan fingerprint density at radius 3 is 2.21 bits per heavy atom. The standard InChI is InChI=1S/C18H27FN2O3/c1-7-21(8-2,9-3)13(5)17(22)20-16-12(4)10-14(19)11-15(16)18(23)24-6/h10-11,13H,7-9H2,1-6H3/p+1. The maximum atomic E-state index is 13.6. The molecule has 0 saturated carbocycles. The number of aryl methyl sites for hydroxylation is 1. The average molecular weight is 339 g/mol. The molecule has 1 unspecified atom stereocenters. The number of nitrogens with zero attached hydrogens (tertiary/aromatic N) is 1. The second-order valence-corrected chi connectivity index (χ2v) is 5.97. The third-order valence-corrected chi connectivity index (χ3v) is 5.04. The Bertz CT molecular complexity index is 604. The fourth-order valence-electron chi connectivity index (χ4n) is 3.15. The summed E-state index contributed by atoms with van der Waals surface area (Å²) in [5, 5.41) is 2.81. The maximum Gasteiger partial charge on any atom is 0.340 e. The third kappa shape index (κ3) is 3.93. The Kier molecular flexibility index (Phi) is 6.90. The number of ether oxygens (including phenoxy) is 1. The number of hydrogen-bond donors (Lipinski definition) is 1. The van der Waals surface area contributed by atoms with E-state index in [2.05, 4.69) is 26.1 Å². The number of rotatable bonds is 7. The summed E-state index contributed by atoms with van der Waals surface area (Å²) in [6, 6.07) is 2.08. The van der Waals surface area contributed by atoms with Gasteiger partial charge in [-0.15, -0.1) is 0 Å². The SMILES string of the molecule is CC[N+](CC)(CC)C(C)C(=O)Nc1c(C)cc(F)cc1C(=O)OC. The first kappa shape index (κ1) is 20.1. The Morgan fingerprint density at radius 1 is 1.21 bits per heavy atom. The van der Waals surface area contributed by atoms with Gasteiger partial charge in [-0.2, -0.15) is 0 Å². The number of amides is 1. The van der Waals surface area contributed by atoms with Crippen LogP contribution in [0.5, 0.6) is 0 Å². The molecule has 1 N–H and O–H groups in total. The van der Waals surface area contributed by atoms with Gasteiger partial charge in [-0.1, -0.05) is 0 Å². The molecule has 0 aliphatic heterocycles. The first-order chi connectivity index (χ1) is 11.3. The zero-order valence-electron chi connectivity index (χ0n) is 15.4. The van der Waals surface area contributed by atoms with Crippen LogP contribution in [-0.2, 0) is 9.53 Å². The number of methoxy groups -OCH3 is 1. The van der Waals surface area contributed by atoms with Gasteiger partial charge < -0.3 is 14.5 Å². The molecule has 0 aromatic heterocycles. The van der Waals surface area contributed by atoms with Gasteiger partial charge in [0.15, 0.2) is 6.04 Å². The Balaban J connectivity index is 3.21. The van der Waals surface area contributed by atoms with Crippen LogP contribution in [0.2, 0.25) is 0 Å². The number of likely N-dealkylation sites (N-methyl/N-ethyl adjacent to an activating group) is 1. The van der Waals surface area contributed by atoms with Crippen LogP contribution in [0.15, 0.2) is 12.1 Å². The minimum atomic E-state index is -0.678. The number of benzene rings is 1. The molecule has 0 fully saturated rings. The number of quaternary nitrogens is 1. The molecular formula is C18H28FN2O3+. The summed E-state index contributed by atoms with van der Waals surface area (Å²) in [6.45, 7) is 12.2. The fourth-order valence-corrected chi connectivity index (χ4v) is 3.15. The lowest BCUT2D eigenvalue weighted by Gasteiger charge is -2.40. The van der Waals surface area contributed by atoms with E-state index in [0.29, 0.717) is 15.7 Å². The minimum Gasteiger partial charge on any atom is -0.465 e. The van der Waals surface area contributed by atoms with E-state index in [1.165, 1.54) is 13.2 Å². The summed E-state index contributed by atoms with van der Waals surface area (Å²) in [4.78, 5) is 24.7. The molecule has 1 rings (SSSR count). The molecule has 1 aromatic rings. The quantitative estimate of drug-likeness (QED) is 0.613. The molecular weight excluding hydrogens is 311 g/mol. The van der Waals surface area contributed by atoms with Gasteiger partial charge in [0.1, 0.15) is 5.82 Å². The summed E-state index contributed by atoms with van der Waals surface area (Å²) < 4.78 is 19.0. The molecule has 0 bridgehead atoms. The molecule has 0 radical (unpaired) electrons. The lowest BCUT2D eigenvalue weighted by molar-refractivity contribution is -0.936. The molecule has 24 heavy (non-hydrogen) atoms. The van der Waals surface area contributed by atoms with Crippen LogP contribution in [0.4, 0.5) is 10.1 Å². The molecule has 0 aliphatic rings. The monoisotopic (exact) mass is 339 g/mol. The van der Waals surface area contributed by atoms with E-state index in [9.17, 15) is 14.0 Å². The number of anilines is 1. The fraction of sp³-hybridized carbons (Fsp3) is 0.556. The highest BCUT2D eigenvalue weighted by molar-refractivity contribution is 6.03. The van der Waals surface area contributed by atoms with Crippen LogP contribution in [0, 0.1) is 12.7 Å². The van der Waals surface area contributed by atoms with Gasteiger partial charge in [-0.3, -0.25) is 4.79 Å². The van der Waals surface area contributed by atoms with Crippen LogP contribution < -0.4 is 5.32 Å². The first-order valence-corrected chi connectivity index (χ1v) is 8.31. The minimum absolute atomic E-state index is 0.0261. The molecule has 1 atom stereocenters. The molecule has 0 saturated heterocycles. The zero-order chi connectivity index (χ0) is 18.5. The van der Waals surface area contributed by atoms with Gasteiger partial charge >= 0.3 is 5.97 Å². The lowest BCUT2D eigenvalue weighted by atomic mass is 10.1. The van der Waals surface area contributed by atoms with E-state index in [-0.39, 0.29) is 17.5 Å². The summed E-state index contributed by atoms with van der Waals surface area (Å²) >= 11 is 0. The highest BCUT2D eigenvalue weighted by Gasteiger charge is 2.35. The van der Waals surface area contributed by atoms with Crippen molar-refractivity contribution in [2.24, 2.45) is 0 Å². The van der Waals surface area contributed by atoms with Crippen LogP contribution in [-0.4, -0.2) is 49.1 Å². The first-order valence-electron chi connectivity index (χ1n) is 8.31. The molecule has 0 aliphatic carbocycles. The number of carbonyl (C=O) groups excluding carboxylic acids is 2. The third-order valence-electron chi connectivity index (χ3n) is 5.04. The van der Waals surface area contributed by atoms with Gasteiger partial charge in [0.05, 0.1) is 38.0 Å². The van der Waals surface area contributed by atoms with E-state index in [1.54, 1.807) is 6.92 Å². The largest absolute Gasteiger partial charge is 0.465 e. The molecule has 5 nitrogen and oxygen atoms in total. The highest BCUT2D eigenvalue weighted by atomic mass is 19.1. The number of nitrogens with one attached hydrogen (secondary N) is 1. The van der Waals surface area contributed by atoms with Crippen LogP contribution in [0.1, 0.15) is 43.6 Å². The number of halogens is 1. The van der Waals surface area contributed by atoms with Crippen LogP contribution in [0.25, 0.3) is 0 Å². The number of hydrogen-bond acceptors (Lipinski definition) is 3. The van der Waals surface area contributed by atoms with Crippen molar-refractivity contribution in [1.29, 1.82) is 0 Å². The van der Waals surface area contributed by atoms with Gasteiger partial charge in [0, 0.05) is 0 Å². The Morgan fingerprint density at radius 2 is 1.75 bits per heavy atom. The topological polar surface area (TPSA) is 55.4 Å². The van der Waals surface area contributed by atoms with Crippen LogP contribution in [0.3, 0.4) is 0 Å². The van der Waals surface area contributed by atoms with Crippen molar-refractivity contribution in [3.63, 3.8) is 0 Å². The van der Waals surface area contributed by atoms with Crippen LogP contribution >= 0.6 is 0 Å².